The maximum Gasteiger partial charge on any atom is 0.133 e. The molecule has 1 fully saturated rings. The predicted octanol–water partition coefficient (Wildman–Crippen LogP) is 4.42. The van der Waals surface area contributed by atoms with Crippen LogP contribution in [0.4, 0.5) is 0 Å². The summed E-state index contributed by atoms with van der Waals surface area (Å²) in [5.41, 5.74) is 2.63. The molecule has 2 nitrogen and oxygen atoms in total. The van der Waals surface area contributed by atoms with Crippen molar-refractivity contribution in [1.82, 2.24) is 5.32 Å². The van der Waals surface area contributed by atoms with Crippen LogP contribution in [0.5, 0.6) is 5.75 Å². The molecule has 0 atom stereocenters. The second-order valence-electron chi connectivity index (χ2n) is 5.93. The standard InChI is InChI=1S/C19H22BrNO/c20-18-13-17(12-15-4-2-1-3-5-15)6-7-19(18)22-14-16-8-10-21-11-9-16/h1-7,13,16,21H,8-12,14H2. The minimum atomic E-state index is 0.678. The van der Waals surface area contributed by atoms with E-state index in [1.165, 1.54) is 24.0 Å². The summed E-state index contributed by atoms with van der Waals surface area (Å²) >= 11 is 3.65. The highest BCUT2D eigenvalue weighted by molar-refractivity contribution is 9.10. The molecule has 116 valence electrons. The Morgan fingerprint density at radius 1 is 1.00 bits per heavy atom. The molecule has 3 heteroatoms. The lowest BCUT2D eigenvalue weighted by Crippen LogP contribution is -2.30. The van der Waals surface area contributed by atoms with Crippen molar-refractivity contribution in [2.45, 2.75) is 19.3 Å². The first-order valence-corrected chi connectivity index (χ1v) is 8.76. The molecule has 1 N–H and O–H groups in total. The lowest BCUT2D eigenvalue weighted by atomic mass is 9.99. The third-order valence-electron chi connectivity index (χ3n) is 4.18. The molecule has 0 aliphatic carbocycles. The van der Waals surface area contributed by atoms with Crippen molar-refractivity contribution in [3.63, 3.8) is 0 Å². The monoisotopic (exact) mass is 359 g/mol. The molecule has 0 radical (unpaired) electrons. The van der Waals surface area contributed by atoms with Gasteiger partial charge in [-0.05, 0) is 77.5 Å². The van der Waals surface area contributed by atoms with Crippen LogP contribution >= 0.6 is 15.9 Å². The van der Waals surface area contributed by atoms with Crippen LogP contribution in [-0.4, -0.2) is 19.7 Å². The van der Waals surface area contributed by atoms with Crippen LogP contribution in [0.25, 0.3) is 0 Å². The number of ether oxygens (including phenoxy) is 1. The molecule has 0 amide bonds. The highest BCUT2D eigenvalue weighted by atomic mass is 79.9. The van der Waals surface area contributed by atoms with Gasteiger partial charge >= 0.3 is 0 Å². The second kappa shape index (κ2) is 7.80. The number of piperidine rings is 1. The van der Waals surface area contributed by atoms with Crippen molar-refractivity contribution < 1.29 is 4.74 Å². The summed E-state index contributed by atoms with van der Waals surface area (Å²) in [4.78, 5) is 0. The molecule has 0 aromatic heterocycles. The van der Waals surface area contributed by atoms with Crippen LogP contribution in [-0.2, 0) is 6.42 Å². The zero-order chi connectivity index (χ0) is 15.2. The van der Waals surface area contributed by atoms with Gasteiger partial charge in [-0.25, -0.2) is 0 Å². The van der Waals surface area contributed by atoms with Crippen LogP contribution < -0.4 is 10.1 Å². The van der Waals surface area contributed by atoms with Crippen LogP contribution in [0.15, 0.2) is 53.0 Å². The number of benzene rings is 2. The fourth-order valence-corrected chi connectivity index (χ4v) is 3.40. The number of rotatable bonds is 5. The predicted molar refractivity (Wildman–Crippen MR) is 94.5 cm³/mol. The van der Waals surface area contributed by atoms with E-state index in [0.717, 1.165) is 36.3 Å². The van der Waals surface area contributed by atoms with Gasteiger partial charge in [0.05, 0.1) is 11.1 Å². The Balaban J connectivity index is 1.59. The lowest BCUT2D eigenvalue weighted by molar-refractivity contribution is 0.214. The maximum absolute atomic E-state index is 6.01. The molecule has 1 heterocycles. The van der Waals surface area contributed by atoms with Gasteiger partial charge in [0.2, 0.25) is 0 Å². The first-order valence-electron chi connectivity index (χ1n) is 7.97. The molecule has 1 saturated heterocycles. The molecule has 0 bridgehead atoms. The smallest absolute Gasteiger partial charge is 0.133 e. The molecular weight excluding hydrogens is 338 g/mol. The molecule has 1 aliphatic rings. The Morgan fingerprint density at radius 2 is 1.77 bits per heavy atom. The van der Waals surface area contributed by atoms with Gasteiger partial charge in [0.15, 0.2) is 0 Å². The number of hydrogen-bond donors (Lipinski definition) is 1. The Labute approximate surface area is 141 Å². The maximum atomic E-state index is 6.01. The van der Waals surface area contributed by atoms with Crippen molar-refractivity contribution in [2.75, 3.05) is 19.7 Å². The van der Waals surface area contributed by atoms with Gasteiger partial charge in [0, 0.05) is 0 Å². The van der Waals surface area contributed by atoms with E-state index in [9.17, 15) is 0 Å². The van der Waals surface area contributed by atoms with E-state index < -0.39 is 0 Å². The normalized spacial score (nSPS) is 15.7. The van der Waals surface area contributed by atoms with Crippen LogP contribution in [0.3, 0.4) is 0 Å². The highest BCUT2D eigenvalue weighted by Gasteiger charge is 2.14. The van der Waals surface area contributed by atoms with Crippen molar-refractivity contribution in [3.05, 3.63) is 64.1 Å². The highest BCUT2D eigenvalue weighted by Crippen LogP contribution is 2.28. The van der Waals surface area contributed by atoms with Crippen LogP contribution in [0.1, 0.15) is 24.0 Å². The summed E-state index contributed by atoms with van der Waals surface area (Å²) in [5.74, 6) is 1.63. The molecule has 1 aliphatic heterocycles. The van der Waals surface area contributed by atoms with E-state index in [1.54, 1.807) is 0 Å². The molecule has 3 rings (SSSR count). The average Bonchev–Trinajstić information content (AvgIpc) is 2.56. The quantitative estimate of drug-likeness (QED) is 0.852. The molecule has 2 aromatic carbocycles. The van der Waals surface area contributed by atoms with Gasteiger partial charge in [-0.2, -0.15) is 0 Å². The zero-order valence-corrected chi connectivity index (χ0v) is 14.3. The van der Waals surface area contributed by atoms with Gasteiger partial charge in [-0.15, -0.1) is 0 Å². The Bertz CT molecular complexity index is 594. The van der Waals surface area contributed by atoms with Crippen LogP contribution in [0, 0.1) is 5.92 Å². The third-order valence-corrected chi connectivity index (χ3v) is 4.80. The largest absolute Gasteiger partial charge is 0.492 e. The number of halogens is 1. The fourth-order valence-electron chi connectivity index (χ4n) is 2.86. The SMILES string of the molecule is Brc1cc(Cc2ccccc2)ccc1OCC1CCNCC1. The van der Waals surface area contributed by atoms with E-state index in [1.807, 2.05) is 0 Å². The summed E-state index contributed by atoms with van der Waals surface area (Å²) < 4.78 is 7.06. The first kappa shape index (κ1) is 15.6. The molecule has 0 unspecified atom stereocenters. The molecule has 0 saturated carbocycles. The van der Waals surface area contributed by atoms with E-state index >= 15 is 0 Å². The van der Waals surface area contributed by atoms with Crippen molar-refractivity contribution >= 4 is 15.9 Å². The summed E-state index contributed by atoms with van der Waals surface area (Å²) in [5, 5.41) is 3.39. The zero-order valence-electron chi connectivity index (χ0n) is 12.7. The summed E-state index contributed by atoms with van der Waals surface area (Å²) in [6.45, 7) is 3.05. The Morgan fingerprint density at radius 3 is 2.50 bits per heavy atom. The Kier molecular flexibility index (Phi) is 5.52. The summed E-state index contributed by atoms with van der Waals surface area (Å²) in [6, 6.07) is 17.0. The molecular formula is C19H22BrNO. The van der Waals surface area contributed by atoms with Gasteiger partial charge in [0.25, 0.3) is 0 Å². The van der Waals surface area contributed by atoms with Gasteiger partial charge in [-0.3, -0.25) is 0 Å². The minimum Gasteiger partial charge on any atom is -0.492 e. The number of hydrogen-bond acceptors (Lipinski definition) is 2. The van der Waals surface area contributed by atoms with E-state index in [0.29, 0.717) is 5.92 Å². The number of nitrogens with one attached hydrogen (secondary N) is 1. The van der Waals surface area contributed by atoms with Gasteiger partial charge in [0.1, 0.15) is 5.75 Å². The molecule has 0 spiro atoms. The summed E-state index contributed by atoms with van der Waals surface area (Å²) in [6.07, 6.45) is 3.38. The van der Waals surface area contributed by atoms with Gasteiger partial charge < -0.3 is 10.1 Å². The van der Waals surface area contributed by atoms with Crippen molar-refractivity contribution in [2.24, 2.45) is 5.92 Å². The molecule has 22 heavy (non-hydrogen) atoms. The fraction of sp³-hybridized carbons (Fsp3) is 0.368. The van der Waals surface area contributed by atoms with Crippen molar-refractivity contribution in [1.29, 1.82) is 0 Å². The summed E-state index contributed by atoms with van der Waals surface area (Å²) in [7, 11) is 0. The molecule has 2 aromatic rings. The van der Waals surface area contributed by atoms with E-state index in [4.69, 9.17) is 4.74 Å². The topological polar surface area (TPSA) is 21.3 Å². The first-order chi connectivity index (χ1) is 10.8. The minimum absolute atomic E-state index is 0.678. The second-order valence-corrected chi connectivity index (χ2v) is 6.79. The Hall–Kier alpha value is -1.32. The van der Waals surface area contributed by atoms with Crippen LogP contribution in [0.2, 0.25) is 0 Å². The van der Waals surface area contributed by atoms with Gasteiger partial charge in [-0.1, -0.05) is 36.4 Å². The van der Waals surface area contributed by atoms with E-state index in [-0.39, 0.29) is 0 Å². The average molecular weight is 360 g/mol. The van der Waals surface area contributed by atoms with Crippen molar-refractivity contribution in [3.8, 4) is 5.75 Å². The lowest BCUT2D eigenvalue weighted by Gasteiger charge is -2.23. The third kappa shape index (κ3) is 4.34. The van der Waals surface area contributed by atoms with E-state index in [2.05, 4.69) is 69.8 Å².